The van der Waals surface area contributed by atoms with Gasteiger partial charge in [0.2, 0.25) is 0 Å². The van der Waals surface area contributed by atoms with Crippen molar-refractivity contribution in [2.45, 2.75) is 52.0 Å². The first-order valence-electron chi connectivity index (χ1n) is 8.27. The first-order valence-corrected chi connectivity index (χ1v) is 8.27. The highest BCUT2D eigenvalue weighted by molar-refractivity contribution is 5.46. The maximum Gasteiger partial charge on any atom is 0.127 e. The summed E-state index contributed by atoms with van der Waals surface area (Å²) in [5.74, 6) is 2.85. The lowest BCUT2D eigenvalue weighted by atomic mass is 9.77. The predicted octanol–water partition coefficient (Wildman–Crippen LogP) is 4.10. The Morgan fingerprint density at radius 3 is 2.80 bits per heavy atom. The summed E-state index contributed by atoms with van der Waals surface area (Å²) < 4.78 is 5.93. The van der Waals surface area contributed by atoms with Crippen LogP contribution in [0.1, 0.15) is 56.7 Å². The number of nitrogens with one attached hydrogen (secondary N) is 1. The number of rotatable bonds is 4. The van der Waals surface area contributed by atoms with Crippen LogP contribution in [0.4, 0.5) is 0 Å². The van der Waals surface area contributed by atoms with Crippen LogP contribution in [0.25, 0.3) is 0 Å². The molecular weight excluding hydrogens is 246 g/mol. The van der Waals surface area contributed by atoms with Crippen LogP contribution in [0.5, 0.6) is 5.75 Å². The van der Waals surface area contributed by atoms with Gasteiger partial charge in [-0.25, -0.2) is 0 Å². The number of ether oxygens (including phenoxy) is 1. The Kier molecular flexibility index (Phi) is 4.30. The fraction of sp³-hybridized carbons (Fsp3) is 0.667. The molecule has 110 valence electrons. The molecule has 0 radical (unpaired) electrons. The third-order valence-corrected chi connectivity index (χ3v) is 5.04. The van der Waals surface area contributed by atoms with E-state index in [2.05, 4.69) is 37.4 Å². The number of hydrogen-bond donors (Lipinski definition) is 1. The van der Waals surface area contributed by atoms with Gasteiger partial charge < -0.3 is 10.1 Å². The molecule has 1 atom stereocenters. The molecule has 2 nitrogen and oxygen atoms in total. The molecule has 2 heteroatoms. The molecule has 1 aliphatic carbocycles. The summed E-state index contributed by atoms with van der Waals surface area (Å²) in [5.41, 5.74) is 2.80. The van der Waals surface area contributed by atoms with E-state index in [4.69, 9.17) is 4.74 Å². The van der Waals surface area contributed by atoms with Gasteiger partial charge in [0.05, 0.1) is 6.61 Å². The molecule has 1 unspecified atom stereocenters. The van der Waals surface area contributed by atoms with Crippen molar-refractivity contribution in [3.63, 3.8) is 0 Å². The quantitative estimate of drug-likeness (QED) is 0.892. The minimum Gasteiger partial charge on any atom is -0.493 e. The highest BCUT2D eigenvalue weighted by Crippen LogP contribution is 2.41. The van der Waals surface area contributed by atoms with Crippen LogP contribution in [-0.4, -0.2) is 13.2 Å². The second-order valence-corrected chi connectivity index (χ2v) is 6.49. The van der Waals surface area contributed by atoms with Crippen LogP contribution in [0.3, 0.4) is 0 Å². The minimum atomic E-state index is 0.473. The first kappa shape index (κ1) is 13.9. The zero-order chi connectivity index (χ0) is 13.9. The van der Waals surface area contributed by atoms with Crippen molar-refractivity contribution in [2.75, 3.05) is 13.2 Å². The molecule has 20 heavy (non-hydrogen) atoms. The SMILES string of the molecule is CCNC(c1cccc2c1OCC2)C1CCC(C)CC1. The van der Waals surface area contributed by atoms with Gasteiger partial charge in [-0.2, -0.15) is 0 Å². The summed E-state index contributed by atoms with van der Waals surface area (Å²) in [7, 11) is 0. The molecule has 0 aromatic heterocycles. The van der Waals surface area contributed by atoms with Crippen molar-refractivity contribution in [1.82, 2.24) is 5.32 Å². The van der Waals surface area contributed by atoms with Crippen molar-refractivity contribution >= 4 is 0 Å². The summed E-state index contributed by atoms with van der Waals surface area (Å²) in [6.07, 6.45) is 6.53. The molecule has 1 aromatic carbocycles. The zero-order valence-corrected chi connectivity index (χ0v) is 12.8. The fourth-order valence-electron chi connectivity index (χ4n) is 3.86. The fourth-order valence-corrected chi connectivity index (χ4v) is 3.86. The van der Waals surface area contributed by atoms with E-state index in [9.17, 15) is 0 Å². The Balaban J connectivity index is 1.85. The van der Waals surface area contributed by atoms with Crippen LogP contribution in [-0.2, 0) is 6.42 Å². The van der Waals surface area contributed by atoms with Crippen molar-refractivity contribution in [3.8, 4) is 5.75 Å². The average Bonchev–Trinajstić information content (AvgIpc) is 2.94. The largest absolute Gasteiger partial charge is 0.493 e. The van der Waals surface area contributed by atoms with Gasteiger partial charge in [-0.3, -0.25) is 0 Å². The monoisotopic (exact) mass is 273 g/mol. The molecule has 1 saturated carbocycles. The summed E-state index contributed by atoms with van der Waals surface area (Å²) >= 11 is 0. The molecular formula is C18H27NO. The number of benzene rings is 1. The lowest BCUT2D eigenvalue weighted by Crippen LogP contribution is -2.31. The van der Waals surface area contributed by atoms with Crippen molar-refractivity contribution in [2.24, 2.45) is 11.8 Å². The highest BCUT2D eigenvalue weighted by atomic mass is 16.5. The predicted molar refractivity (Wildman–Crippen MR) is 83.2 cm³/mol. The number of fused-ring (bicyclic) bond motifs is 1. The molecule has 1 heterocycles. The van der Waals surface area contributed by atoms with E-state index >= 15 is 0 Å². The Bertz CT molecular complexity index is 449. The summed E-state index contributed by atoms with van der Waals surface area (Å²) in [6, 6.07) is 7.17. The molecule has 0 saturated heterocycles. The van der Waals surface area contributed by atoms with Crippen LogP contribution in [0.2, 0.25) is 0 Å². The molecule has 3 rings (SSSR count). The zero-order valence-electron chi connectivity index (χ0n) is 12.8. The Hall–Kier alpha value is -1.02. The van der Waals surface area contributed by atoms with E-state index < -0.39 is 0 Å². The van der Waals surface area contributed by atoms with E-state index in [-0.39, 0.29) is 0 Å². The van der Waals surface area contributed by atoms with Gasteiger partial charge in [-0.15, -0.1) is 0 Å². The number of para-hydroxylation sites is 1. The van der Waals surface area contributed by atoms with Gasteiger partial charge in [0.15, 0.2) is 0 Å². The van der Waals surface area contributed by atoms with E-state index in [1.165, 1.54) is 42.6 Å². The minimum absolute atomic E-state index is 0.473. The lowest BCUT2D eigenvalue weighted by Gasteiger charge is -2.34. The van der Waals surface area contributed by atoms with Crippen molar-refractivity contribution in [3.05, 3.63) is 29.3 Å². The van der Waals surface area contributed by atoms with Gasteiger partial charge in [-0.05, 0) is 36.8 Å². The summed E-state index contributed by atoms with van der Waals surface area (Å²) in [5, 5.41) is 3.73. The second-order valence-electron chi connectivity index (χ2n) is 6.49. The normalized spacial score (nSPS) is 26.9. The highest BCUT2D eigenvalue weighted by Gasteiger charge is 2.30. The van der Waals surface area contributed by atoms with E-state index in [0.717, 1.165) is 31.4 Å². The third kappa shape index (κ3) is 2.71. The van der Waals surface area contributed by atoms with Gasteiger partial charge in [0, 0.05) is 18.0 Å². The van der Waals surface area contributed by atoms with Gasteiger partial charge in [-0.1, -0.05) is 44.9 Å². The second kappa shape index (κ2) is 6.17. The van der Waals surface area contributed by atoms with Gasteiger partial charge in [0.25, 0.3) is 0 Å². The number of hydrogen-bond acceptors (Lipinski definition) is 2. The molecule has 0 amide bonds. The smallest absolute Gasteiger partial charge is 0.127 e. The van der Waals surface area contributed by atoms with Crippen molar-refractivity contribution < 1.29 is 4.74 Å². The average molecular weight is 273 g/mol. The van der Waals surface area contributed by atoms with Crippen LogP contribution in [0, 0.1) is 11.8 Å². The van der Waals surface area contributed by atoms with Gasteiger partial charge in [0.1, 0.15) is 5.75 Å². The molecule has 1 aliphatic heterocycles. The topological polar surface area (TPSA) is 21.3 Å². The molecule has 0 spiro atoms. The summed E-state index contributed by atoms with van der Waals surface area (Å²) in [6.45, 7) is 6.48. The molecule has 0 bridgehead atoms. The first-order chi connectivity index (χ1) is 9.79. The van der Waals surface area contributed by atoms with E-state index in [1.807, 2.05) is 0 Å². The van der Waals surface area contributed by atoms with Crippen molar-refractivity contribution in [1.29, 1.82) is 0 Å². The van der Waals surface area contributed by atoms with E-state index in [0.29, 0.717) is 6.04 Å². The van der Waals surface area contributed by atoms with Crippen LogP contribution >= 0.6 is 0 Å². The molecule has 1 fully saturated rings. The Labute approximate surface area is 122 Å². The third-order valence-electron chi connectivity index (χ3n) is 5.04. The molecule has 1 N–H and O–H groups in total. The molecule has 2 aliphatic rings. The van der Waals surface area contributed by atoms with Gasteiger partial charge >= 0.3 is 0 Å². The van der Waals surface area contributed by atoms with Crippen LogP contribution in [0.15, 0.2) is 18.2 Å². The Morgan fingerprint density at radius 1 is 1.25 bits per heavy atom. The maximum absolute atomic E-state index is 5.93. The molecule has 1 aromatic rings. The standard InChI is InChI=1S/C18H27NO/c1-3-19-17(14-9-7-13(2)8-10-14)16-6-4-5-15-11-12-20-18(15)16/h4-6,13-14,17,19H,3,7-12H2,1-2H3. The Morgan fingerprint density at radius 2 is 2.05 bits per heavy atom. The maximum atomic E-state index is 5.93. The summed E-state index contributed by atoms with van der Waals surface area (Å²) in [4.78, 5) is 0. The van der Waals surface area contributed by atoms with Crippen LogP contribution < -0.4 is 10.1 Å². The lowest BCUT2D eigenvalue weighted by molar-refractivity contribution is 0.229. The van der Waals surface area contributed by atoms with E-state index in [1.54, 1.807) is 0 Å².